The summed E-state index contributed by atoms with van der Waals surface area (Å²) in [7, 11) is -0.527. The summed E-state index contributed by atoms with van der Waals surface area (Å²) in [5.41, 5.74) is 1.47. The lowest BCUT2D eigenvalue weighted by atomic mass is 9.98. The van der Waals surface area contributed by atoms with Crippen molar-refractivity contribution in [1.29, 1.82) is 0 Å². The predicted octanol–water partition coefficient (Wildman–Crippen LogP) is 1.27. The molecular formula is C18H26N4O4S. The molecule has 1 aromatic carbocycles. The van der Waals surface area contributed by atoms with Crippen LogP contribution in [0.3, 0.4) is 0 Å². The molecule has 148 valence electrons. The summed E-state index contributed by atoms with van der Waals surface area (Å²) >= 11 is 0. The van der Waals surface area contributed by atoms with E-state index in [-0.39, 0.29) is 24.3 Å². The molecule has 0 aromatic heterocycles. The molecule has 0 bridgehead atoms. The lowest BCUT2D eigenvalue weighted by Gasteiger charge is -2.32. The van der Waals surface area contributed by atoms with Crippen LogP contribution >= 0.6 is 0 Å². The van der Waals surface area contributed by atoms with E-state index in [1.807, 2.05) is 12.1 Å². The van der Waals surface area contributed by atoms with Gasteiger partial charge in [0.25, 0.3) is 10.2 Å². The maximum Gasteiger partial charge on any atom is 0.281 e. The van der Waals surface area contributed by atoms with Gasteiger partial charge in [-0.05, 0) is 43.5 Å². The Morgan fingerprint density at radius 1 is 1.15 bits per heavy atom. The van der Waals surface area contributed by atoms with E-state index >= 15 is 0 Å². The number of benzene rings is 1. The van der Waals surface area contributed by atoms with Gasteiger partial charge >= 0.3 is 0 Å². The van der Waals surface area contributed by atoms with Gasteiger partial charge in [0, 0.05) is 51.5 Å². The number of hydrogen-bond donors (Lipinski definition) is 1. The third-order valence-corrected chi connectivity index (χ3v) is 6.97. The zero-order valence-corrected chi connectivity index (χ0v) is 16.5. The number of piperidine rings is 1. The molecule has 0 aliphatic carbocycles. The van der Waals surface area contributed by atoms with Gasteiger partial charge in [-0.1, -0.05) is 0 Å². The minimum Gasteiger partial charge on any atom is -0.326 e. The van der Waals surface area contributed by atoms with Gasteiger partial charge in [0.15, 0.2) is 0 Å². The van der Waals surface area contributed by atoms with Gasteiger partial charge in [0.05, 0.1) is 5.92 Å². The van der Waals surface area contributed by atoms with E-state index < -0.39 is 10.2 Å². The molecule has 2 amide bonds. The van der Waals surface area contributed by atoms with E-state index in [1.165, 1.54) is 22.7 Å². The topological polar surface area (TPSA) is 90.0 Å². The first kappa shape index (κ1) is 19.8. The first-order chi connectivity index (χ1) is 12.8. The molecule has 9 heteroatoms. The molecule has 3 rings (SSSR count). The van der Waals surface area contributed by atoms with Gasteiger partial charge in [-0.3, -0.25) is 9.59 Å². The van der Waals surface area contributed by atoms with Gasteiger partial charge < -0.3 is 10.2 Å². The summed E-state index contributed by atoms with van der Waals surface area (Å²) in [5, 5.41) is 2.86. The van der Waals surface area contributed by atoms with Gasteiger partial charge in [-0.25, -0.2) is 0 Å². The van der Waals surface area contributed by atoms with E-state index in [0.29, 0.717) is 31.5 Å². The van der Waals surface area contributed by atoms with Crippen LogP contribution in [0.25, 0.3) is 0 Å². The monoisotopic (exact) mass is 394 g/mol. The first-order valence-electron chi connectivity index (χ1n) is 9.18. The SMILES string of the molecule is CN(C)S(=O)(=O)N1CCC[C@H](C(=O)Nc2ccc(N3CCCC3=O)cc2)C1. The van der Waals surface area contributed by atoms with E-state index in [2.05, 4.69) is 5.32 Å². The third kappa shape index (κ3) is 4.31. The number of carbonyl (C=O) groups excluding carboxylic acids is 2. The summed E-state index contributed by atoms with van der Waals surface area (Å²) in [5.74, 6) is -0.442. The molecule has 2 aliphatic heterocycles. The van der Waals surface area contributed by atoms with E-state index in [1.54, 1.807) is 17.0 Å². The van der Waals surface area contributed by atoms with Gasteiger partial charge in [0.2, 0.25) is 11.8 Å². The molecule has 0 saturated carbocycles. The first-order valence-corrected chi connectivity index (χ1v) is 10.6. The largest absolute Gasteiger partial charge is 0.326 e. The normalized spacial score (nSPS) is 21.7. The summed E-state index contributed by atoms with van der Waals surface area (Å²) in [4.78, 5) is 26.1. The zero-order valence-electron chi connectivity index (χ0n) is 15.7. The fraction of sp³-hybridized carbons (Fsp3) is 0.556. The lowest BCUT2D eigenvalue weighted by molar-refractivity contribution is -0.121. The highest BCUT2D eigenvalue weighted by Crippen LogP contribution is 2.25. The van der Waals surface area contributed by atoms with Crippen molar-refractivity contribution in [2.24, 2.45) is 5.92 Å². The Labute approximate surface area is 160 Å². The van der Waals surface area contributed by atoms with Crippen LogP contribution in [0, 0.1) is 5.92 Å². The molecule has 0 spiro atoms. The van der Waals surface area contributed by atoms with Crippen LogP contribution in [0.15, 0.2) is 24.3 Å². The van der Waals surface area contributed by atoms with Crippen molar-refractivity contribution < 1.29 is 18.0 Å². The predicted molar refractivity (Wildman–Crippen MR) is 104 cm³/mol. The summed E-state index contributed by atoms with van der Waals surface area (Å²) in [6, 6.07) is 7.19. The number of rotatable bonds is 5. The van der Waals surface area contributed by atoms with E-state index in [0.717, 1.165) is 18.7 Å². The number of carbonyl (C=O) groups is 2. The van der Waals surface area contributed by atoms with Gasteiger partial charge in [-0.2, -0.15) is 17.0 Å². The van der Waals surface area contributed by atoms with Crippen molar-refractivity contribution in [3.05, 3.63) is 24.3 Å². The maximum atomic E-state index is 12.6. The fourth-order valence-electron chi connectivity index (χ4n) is 3.49. The summed E-state index contributed by atoms with van der Waals surface area (Å²) in [6.07, 6.45) is 2.75. The third-order valence-electron chi connectivity index (χ3n) is 5.06. The summed E-state index contributed by atoms with van der Waals surface area (Å²) in [6.45, 7) is 1.35. The molecule has 8 nitrogen and oxygen atoms in total. The van der Waals surface area contributed by atoms with Crippen LogP contribution in [0.1, 0.15) is 25.7 Å². The quantitative estimate of drug-likeness (QED) is 0.814. The van der Waals surface area contributed by atoms with E-state index in [4.69, 9.17) is 0 Å². The van der Waals surface area contributed by atoms with Crippen molar-refractivity contribution in [2.45, 2.75) is 25.7 Å². The Bertz CT molecular complexity index is 807. The van der Waals surface area contributed by atoms with Crippen LogP contribution in [0.2, 0.25) is 0 Å². The molecule has 2 saturated heterocycles. The van der Waals surface area contributed by atoms with Gasteiger partial charge in [-0.15, -0.1) is 0 Å². The highest BCUT2D eigenvalue weighted by molar-refractivity contribution is 7.86. The Balaban J connectivity index is 1.62. The number of nitrogens with one attached hydrogen (secondary N) is 1. The second-order valence-corrected chi connectivity index (χ2v) is 9.31. The van der Waals surface area contributed by atoms with Crippen molar-refractivity contribution in [2.75, 3.05) is 43.9 Å². The molecule has 0 radical (unpaired) electrons. The molecule has 2 heterocycles. The standard InChI is InChI=1S/C18H26N4O4S/c1-20(2)27(25,26)21-11-3-5-14(13-21)18(24)19-15-7-9-16(10-8-15)22-12-4-6-17(22)23/h7-10,14H,3-6,11-13H2,1-2H3,(H,19,24)/t14-/m0/s1. The minimum absolute atomic E-state index is 0.121. The second-order valence-electron chi connectivity index (χ2n) is 7.17. The Hall–Kier alpha value is -1.97. The van der Waals surface area contributed by atoms with E-state index in [9.17, 15) is 18.0 Å². The van der Waals surface area contributed by atoms with Crippen LogP contribution in [-0.2, 0) is 19.8 Å². The van der Waals surface area contributed by atoms with Gasteiger partial charge in [0.1, 0.15) is 0 Å². The lowest BCUT2D eigenvalue weighted by Crippen LogP contribution is -2.47. The number of nitrogens with zero attached hydrogens (tertiary/aromatic N) is 3. The highest BCUT2D eigenvalue weighted by atomic mass is 32.2. The molecule has 27 heavy (non-hydrogen) atoms. The Morgan fingerprint density at radius 3 is 2.44 bits per heavy atom. The Morgan fingerprint density at radius 2 is 1.85 bits per heavy atom. The molecule has 1 aromatic rings. The fourth-order valence-corrected chi connectivity index (χ4v) is 4.68. The molecule has 2 fully saturated rings. The number of hydrogen-bond acceptors (Lipinski definition) is 4. The highest BCUT2D eigenvalue weighted by Gasteiger charge is 2.33. The number of amides is 2. The van der Waals surface area contributed by atoms with Crippen LogP contribution < -0.4 is 10.2 Å². The van der Waals surface area contributed by atoms with Crippen molar-refractivity contribution in [3.63, 3.8) is 0 Å². The Kier molecular flexibility index (Phi) is 5.83. The van der Waals surface area contributed by atoms with Crippen molar-refractivity contribution in [1.82, 2.24) is 8.61 Å². The van der Waals surface area contributed by atoms with Crippen molar-refractivity contribution >= 4 is 33.4 Å². The minimum atomic E-state index is -3.51. The number of anilines is 2. The average Bonchev–Trinajstić information content (AvgIpc) is 3.08. The molecular weight excluding hydrogens is 368 g/mol. The van der Waals surface area contributed by atoms with Crippen LogP contribution in [-0.4, -0.2) is 62.6 Å². The molecule has 0 unspecified atom stereocenters. The van der Waals surface area contributed by atoms with Crippen molar-refractivity contribution in [3.8, 4) is 0 Å². The molecule has 1 atom stereocenters. The average molecular weight is 394 g/mol. The second kappa shape index (κ2) is 7.95. The smallest absolute Gasteiger partial charge is 0.281 e. The molecule has 2 aliphatic rings. The maximum absolute atomic E-state index is 12.6. The summed E-state index contributed by atoms with van der Waals surface area (Å²) < 4.78 is 27.1. The van der Waals surface area contributed by atoms with Crippen LogP contribution in [0.4, 0.5) is 11.4 Å². The molecule has 1 N–H and O–H groups in total. The zero-order chi connectivity index (χ0) is 19.6. The van der Waals surface area contributed by atoms with Crippen LogP contribution in [0.5, 0.6) is 0 Å².